The van der Waals surface area contributed by atoms with Gasteiger partial charge in [0, 0.05) is 11.1 Å². The summed E-state index contributed by atoms with van der Waals surface area (Å²) in [5.74, 6) is 0.382. The van der Waals surface area contributed by atoms with Crippen molar-refractivity contribution in [3.63, 3.8) is 0 Å². The monoisotopic (exact) mass is 344 g/mol. The fourth-order valence-corrected chi connectivity index (χ4v) is 2.85. The van der Waals surface area contributed by atoms with E-state index in [0.29, 0.717) is 10.9 Å². The summed E-state index contributed by atoms with van der Waals surface area (Å²) in [4.78, 5) is 12.3. The SMILES string of the molecule is CC(C)[C@@H](NCC(=O)N[C@H](C)c1ccc(Cl)cc1)c1ccccc1. The number of benzene rings is 2. The summed E-state index contributed by atoms with van der Waals surface area (Å²) >= 11 is 5.90. The number of carbonyl (C=O) groups is 1. The summed E-state index contributed by atoms with van der Waals surface area (Å²) in [6.45, 7) is 6.56. The molecule has 0 fully saturated rings. The molecule has 0 spiro atoms. The van der Waals surface area contributed by atoms with Gasteiger partial charge in [0.1, 0.15) is 0 Å². The highest BCUT2D eigenvalue weighted by Crippen LogP contribution is 2.21. The molecule has 24 heavy (non-hydrogen) atoms. The van der Waals surface area contributed by atoms with E-state index >= 15 is 0 Å². The van der Waals surface area contributed by atoms with E-state index in [4.69, 9.17) is 11.6 Å². The van der Waals surface area contributed by atoms with Crippen molar-refractivity contribution < 1.29 is 4.79 Å². The van der Waals surface area contributed by atoms with E-state index in [2.05, 4.69) is 36.6 Å². The van der Waals surface area contributed by atoms with Crippen molar-refractivity contribution in [2.75, 3.05) is 6.54 Å². The Morgan fingerprint density at radius 1 is 0.958 bits per heavy atom. The summed E-state index contributed by atoms with van der Waals surface area (Å²) < 4.78 is 0. The van der Waals surface area contributed by atoms with E-state index in [0.717, 1.165) is 5.56 Å². The van der Waals surface area contributed by atoms with Gasteiger partial charge in [-0.15, -0.1) is 0 Å². The van der Waals surface area contributed by atoms with Crippen LogP contribution < -0.4 is 10.6 Å². The molecule has 0 aliphatic rings. The highest BCUT2D eigenvalue weighted by Gasteiger charge is 2.17. The van der Waals surface area contributed by atoms with Gasteiger partial charge in [-0.2, -0.15) is 0 Å². The van der Waals surface area contributed by atoms with Crippen LogP contribution in [0.3, 0.4) is 0 Å². The van der Waals surface area contributed by atoms with Gasteiger partial charge in [-0.3, -0.25) is 4.79 Å². The Bertz CT molecular complexity index is 640. The van der Waals surface area contributed by atoms with Crippen LogP contribution in [0.1, 0.15) is 44.0 Å². The van der Waals surface area contributed by atoms with Crippen LogP contribution in [-0.4, -0.2) is 12.5 Å². The predicted octanol–water partition coefficient (Wildman–Crippen LogP) is 4.50. The molecule has 3 nitrogen and oxygen atoms in total. The van der Waals surface area contributed by atoms with Gasteiger partial charge in [0.05, 0.1) is 12.6 Å². The number of nitrogens with one attached hydrogen (secondary N) is 2. The molecular weight excluding hydrogens is 320 g/mol. The third kappa shape index (κ3) is 5.36. The predicted molar refractivity (Wildman–Crippen MR) is 100 cm³/mol. The Labute approximate surface area is 149 Å². The second-order valence-electron chi connectivity index (χ2n) is 6.35. The molecule has 2 rings (SSSR count). The van der Waals surface area contributed by atoms with Crippen LogP contribution in [0.4, 0.5) is 0 Å². The zero-order valence-electron chi connectivity index (χ0n) is 14.4. The summed E-state index contributed by atoms with van der Waals surface area (Å²) in [6, 6.07) is 17.9. The molecule has 128 valence electrons. The van der Waals surface area contributed by atoms with Crippen molar-refractivity contribution in [2.45, 2.75) is 32.9 Å². The molecule has 4 heteroatoms. The number of hydrogen-bond donors (Lipinski definition) is 2. The number of halogens is 1. The van der Waals surface area contributed by atoms with Crippen molar-refractivity contribution in [2.24, 2.45) is 5.92 Å². The van der Waals surface area contributed by atoms with E-state index in [1.807, 2.05) is 49.4 Å². The van der Waals surface area contributed by atoms with Crippen LogP contribution >= 0.6 is 11.6 Å². The largest absolute Gasteiger partial charge is 0.348 e. The van der Waals surface area contributed by atoms with Gasteiger partial charge in [-0.05, 0) is 36.1 Å². The Morgan fingerprint density at radius 2 is 1.58 bits per heavy atom. The first-order valence-corrected chi connectivity index (χ1v) is 8.68. The maximum atomic E-state index is 12.3. The molecule has 0 aliphatic heterocycles. The fourth-order valence-electron chi connectivity index (χ4n) is 2.73. The maximum absolute atomic E-state index is 12.3. The highest BCUT2D eigenvalue weighted by atomic mass is 35.5. The minimum absolute atomic E-state index is 0.0148. The van der Waals surface area contributed by atoms with Crippen LogP contribution in [0.5, 0.6) is 0 Å². The topological polar surface area (TPSA) is 41.1 Å². The lowest BCUT2D eigenvalue weighted by molar-refractivity contribution is -0.121. The third-order valence-electron chi connectivity index (χ3n) is 4.06. The maximum Gasteiger partial charge on any atom is 0.234 e. The molecule has 0 aromatic heterocycles. The van der Waals surface area contributed by atoms with Crippen molar-refractivity contribution in [1.82, 2.24) is 10.6 Å². The van der Waals surface area contributed by atoms with Gasteiger partial charge in [0.15, 0.2) is 0 Å². The molecule has 0 aliphatic carbocycles. The average Bonchev–Trinajstić information content (AvgIpc) is 2.56. The molecule has 1 amide bonds. The molecule has 2 N–H and O–H groups in total. The van der Waals surface area contributed by atoms with Crippen LogP contribution in [0, 0.1) is 5.92 Å². The minimum Gasteiger partial charge on any atom is -0.348 e. The van der Waals surface area contributed by atoms with Crippen molar-refractivity contribution >= 4 is 17.5 Å². The van der Waals surface area contributed by atoms with E-state index in [1.54, 1.807) is 0 Å². The minimum atomic E-state index is -0.0502. The summed E-state index contributed by atoms with van der Waals surface area (Å²) in [5.41, 5.74) is 2.24. The number of hydrogen-bond acceptors (Lipinski definition) is 2. The van der Waals surface area contributed by atoms with E-state index in [9.17, 15) is 4.79 Å². The molecule has 2 atom stereocenters. The summed E-state index contributed by atoms with van der Waals surface area (Å²) in [6.07, 6.45) is 0. The van der Waals surface area contributed by atoms with Crippen molar-refractivity contribution in [1.29, 1.82) is 0 Å². The number of carbonyl (C=O) groups excluding carboxylic acids is 1. The van der Waals surface area contributed by atoms with Crippen LogP contribution in [0.15, 0.2) is 54.6 Å². The molecule has 0 radical (unpaired) electrons. The number of rotatable bonds is 7. The van der Waals surface area contributed by atoms with Gasteiger partial charge >= 0.3 is 0 Å². The first-order valence-electron chi connectivity index (χ1n) is 8.30. The zero-order chi connectivity index (χ0) is 17.5. The lowest BCUT2D eigenvalue weighted by atomic mass is 9.96. The normalized spacial score (nSPS) is 13.5. The summed E-state index contributed by atoms with van der Waals surface area (Å²) in [5, 5.41) is 7.08. The van der Waals surface area contributed by atoms with Gasteiger partial charge in [-0.1, -0.05) is 67.9 Å². The zero-order valence-corrected chi connectivity index (χ0v) is 15.2. The molecular formula is C20H25ClN2O. The summed E-state index contributed by atoms with van der Waals surface area (Å²) in [7, 11) is 0. The molecule has 2 aromatic rings. The Balaban J connectivity index is 1.90. The third-order valence-corrected chi connectivity index (χ3v) is 4.31. The molecule has 0 heterocycles. The lowest BCUT2D eigenvalue weighted by Crippen LogP contribution is -2.38. The first kappa shape index (κ1) is 18.5. The van der Waals surface area contributed by atoms with Crippen LogP contribution in [0.25, 0.3) is 0 Å². The molecule has 2 aromatic carbocycles. The fraction of sp³-hybridized carbons (Fsp3) is 0.350. The van der Waals surface area contributed by atoms with Gasteiger partial charge in [0.2, 0.25) is 5.91 Å². The Kier molecular flexibility index (Phi) is 6.83. The molecule has 0 saturated heterocycles. The van der Waals surface area contributed by atoms with Gasteiger partial charge in [-0.25, -0.2) is 0 Å². The Hall–Kier alpha value is -1.84. The van der Waals surface area contributed by atoms with Crippen molar-refractivity contribution in [3.05, 3.63) is 70.7 Å². The second kappa shape index (κ2) is 8.86. The Morgan fingerprint density at radius 3 is 2.17 bits per heavy atom. The van der Waals surface area contributed by atoms with E-state index in [-0.39, 0.29) is 24.5 Å². The number of amides is 1. The van der Waals surface area contributed by atoms with Gasteiger partial charge < -0.3 is 10.6 Å². The average molecular weight is 345 g/mol. The quantitative estimate of drug-likeness (QED) is 0.776. The van der Waals surface area contributed by atoms with Crippen LogP contribution in [-0.2, 0) is 4.79 Å². The van der Waals surface area contributed by atoms with Crippen LogP contribution in [0.2, 0.25) is 5.02 Å². The van der Waals surface area contributed by atoms with Gasteiger partial charge in [0.25, 0.3) is 0 Å². The lowest BCUT2D eigenvalue weighted by Gasteiger charge is -2.23. The van der Waals surface area contributed by atoms with E-state index < -0.39 is 0 Å². The van der Waals surface area contributed by atoms with Crippen molar-refractivity contribution in [3.8, 4) is 0 Å². The molecule has 0 unspecified atom stereocenters. The standard InChI is InChI=1S/C20H25ClN2O/c1-14(2)20(17-7-5-4-6-8-17)22-13-19(24)23-15(3)16-9-11-18(21)12-10-16/h4-12,14-15,20,22H,13H2,1-3H3,(H,23,24)/t15-,20-/m1/s1. The molecule has 0 bridgehead atoms. The smallest absolute Gasteiger partial charge is 0.234 e. The second-order valence-corrected chi connectivity index (χ2v) is 6.79. The highest BCUT2D eigenvalue weighted by molar-refractivity contribution is 6.30. The first-order chi connectivity index (χ1) is 11.5. The molecule has 0 saturated carbocycles. The van der Waals surface area contributed by atoms with E-state index in [1.165, 1.54) is 5.56 Å².